The minimum absolute atomic E-state index is 0.210. The number of halogens is 3. The van der Waals surface area contributed by atoms with E-state index in [1.165, 1.54) is 12.1 Å². The first-order chi connectivity index (χ1) is 9.47. The van der Waals surface area contributed by atoms with Crippen molar-refractivity contribution in [3.63, 3.8) is 0 Å². The summed E-state index contributed by atoms with van der Waals surface area (Å²) < 4.78 is 18.5. The molecular formula is C14H10Cl2FNOS. The minimum Gasteiger partial charge on any atom is -0.489 e. The van der Waals surface area contributed by atoms with E-state index in [-0.39, 0.29) is 17.4 Å². The normalized spacial score (nSPS) is 10.3. The van der Waals surface area contributed by atoms with Gasteiger partial charge >= 0.3 is 0 Å². The summed E-state index contributed by atoms with van der Waals surface area (Å²) in [5.41, 5.74) is 6.79. The zero-order chi connectivity index (χ0) is 14.7. The second-order valence-electron chi connectivity index (χ2n) is 4.03. The number of ether oxygens (including phenoxy) is 1. The second-order valence-corrected chi connectivity index (χ2v) is 5.28. The van der Waals surface area contributed by atoms with Crippen molar-refractivity contribution in [2.45, 2.75) is 6.61 Å². The molecule has 0 radical (unpaired) electrons. The van der Waals surface area contributed by atoms with Gasteiger partial charge in [0.2, 0.25) is 0 Å². The Hall–Kier alpha value is -1.36. The molecule has 0 aliphatic carbocycles. The summed E-state index contributed by atoms with van der Waals surface area (Å²) in [6, 6.07) is 9.15. The molecule has 2 nitrogen and oxygen atoms in total. The lowest BCUT2D eigenvalue weighted by atomic mass is 10.2. The maximum absolute atomic E-state index is 12.9. The fourth-order valence-electron chi connectivity index (χ4n) is 1.59. The summed E-state index contributed by atoms with van der Waals surface area (Å²) in [5.74, 6) is 0.165. The maximum atomic E-state index is 12.9. The molecular weight excluding hydrogens is 320 g/mol. The van der Waals surface area contributed by atoms with Gasteiger partial charge in [-0.25, -0.2) is 4.39 Å². The lowest BCUT2D eigenvalue weighted by Crippen LogP contribution is -2.09. The van der Waals surface area contributed by atoms with Gasteiger partial charge in [0.1, 0.15) is 23.2 Å². The Labute approximate surface area is 131 Å². The van der Waals surface area contributed by atoms with E-state index >= 15 is 0 Å². The van der Waals surface area contributed by atoms with Gasteiger partial charge in [0.05, 0.1) is 10.0 Å². The molecule has 0 fully saturated rings. The van der Waals surface area contributed by atoms with Crippen LogP contribution in [0.4, 0.5) is 4.39 Å². The third-order valence-corrected chi connectivity index (χ3v) is 3.50. The molecule has 0 heterocycles. The number of hydrogen-bond acceptors (Lipinski definition) is 2. The minimum atomic E-state index is -0.386. The molecule has 0 unspecified atom stereocenters. The zero-order valence-corrected chi connectivity index (χ0v) is 12.5. The van der Waals surface area contributed by atoms with Crippen molar-refractivity contribution >= 4 is 40.4 Å². The highest BCUT2D eigenvalue weighted by molar-refractivity contribution is 7.80. The van der Waals surface area contributed by atoms with Gasteiger partial charge in [-0.3, -0.25) is 0 Å². The van der Waals surface area contributed by atoms with Crippen LogP contribution < -0.4 is 10.5 Å². The summed E-state index contributed by atoms with van der Waals surface area (Å²) in [6.45, 7) is 0.210. The van der Waals surface area contributed by atoms with E-state index in [4.69, 9.17) is 45.9 Å². The standard InChI is InChI=1S/C14H10Cl2FNOS/c15-12-5-9(17)2-1-8(12)7-19-10-3-4-11(14(18)20)13(16)6-10/h1-6H,7H2,(H2,18,20). The molecule has 0 aliphatic rings. The quantitative estimate of drug-likeness (QED) is 0.847. The molecule has 2 aromatic rings. The van der Waals surface area contributed by atoms with E-state index in [2.05, 4.69) is 0 Å². The van der Waals surface area contributed by atoms with Gasteiger partial charge in [0.15, 0.2) is 0 Å². The van der Waals surface area contributed by atoms with E-state index in [1.807, 2.05) is 0 Å². The van der Waals surface area contributed by atoms with Crippen molar-refractivity contribution in [1.29, 1.82) is 0 Å². The van der Waals surface area contributed by atoms with Crippen LogP contribution in [0, 0.1) is 5.82 Å². The van der Waals surface area contributed by atoms with Gasteiger partial charge in [-0.2, -0.15) is 0 Å². The van der Waals surface area contributed by atoms with Crippen LogP contribution in [0.25, 0.3) is 0 Å². The van der Waals surface area contributed by atoms with Gasteiger partial charge in [-0.05, 0) is 30.3 Å². The maximum Gasteiger partial charge on any atom is 0.124 e. The molecule has 0 saturated heterocycles. The van der Waals surface area contributed by atoms with Crippen LogP contribution in [0.5, 0.6) is 5.75 Å². The highest BCUT2D eigenvalue weighted by Gasteiger charge is 2.07. The zero-order valence-electron chi connectivity index (χ0n) is 10.2. The number of benzene rings is 2. The first kappa shape index (κ1) is 15.0. The second kappa shape index (κ2) is 6.39. The van der Waals surface area contributed by atoms with Crippen molar-refractivity contribution < 1.29 is 9.13 Å². The Morgan fingerprint density at radius 2 is 1.90 bits per heavy atom. The van der Waals surface area contributed by atoms with Crippen molar-refractivity contribution in [3.05, 3.63) is 63.4 Å². The van der Waals surface area contributed by atoms with E-state index < -0.39 is 0 Å². The molecule has 2 N–H and O–H groups in total. The van der Waals surface area contributed by atoms with E-state index in [9.17, 15) is 4.39 Å². The Balaban J connectivity index is 2.11. The first-order valence-electron chi connectivity index (χ1n) is 5.63. The summed E-state index contributed by atoms with van der Waals surface area (Å²) in [5, 5.41) is 0.732. The van der Waals surface area contributed by atoms with Crippen LogP contribution in [0.3, 0.4) is 0 Å². The summed E-state index contributed by atoms with van der Waals surface area (Å²) >= 11 is 16.8. The molecule has 104 valence electrons. The Morgan fingerprint density at radius 1 is 1.15 bits per heavy atom. The van der Waals surface area contributed by atoms with Crippen LogP contribution in [0.15, 0.2) is 36.4 Å². The number of nitrogens with two attached hydrogens (primary N) is 1. The van der Waals surface area contributed by atoms with Crippen LogP contribution in [-0.4, -0.2) is 4.99 Å². The lowest BCUT2D eigenvalue weighted by Gasteiger charge is -2.09. The van der Waals surface area contributed by atoms with Crippen molar-refractivity contribution in [1.82, 2.24) is 0 Å². The SMILES string of the molecule is NC(=S)c1ccc(OCc2ccc(F)cc2Cl)cc1Cl. The Morgan fingerprint density at radius 3 is 2.50 bits per heavy atom. The lowest BCUT2D eigenvalue weighted by molar-refractivity contribution is 0.306. The monoisotopic (exact) mass is 329 g/mol. The van der Waals surface area contributed by atoms with Crippen molar-refractivity contribution in [2.24, 2.45) is 5.73 Å². The molecule has 0 aromatic heterocycles. The van der Waals surface area contributed by atoms with Crippen molar-refractivity contribution in [3.8, 4) is 5.75 Å². The van der Waals surface area contributed by atoms with Gasteiger partial charge < -0.3 is 10.5 Å². The van der Waals surface area contributed by atoms with Crippen LogP contribution >= 0.6 is 35.4 Å². The molecule has 6 heteroatoms. The highest BCUT2D eigenvalue weighted by Crippen LogP contribution is 2.24. The molecule has 0 aliphatic heterocycles. The fraction of sp³-hybridized carbons (Fsp3) is 0.0714. The molecule has 0 bridgehead atoms. The molecule has 20 heavy (non-hydrogen) atoms. The third-order valence-electron chi connectivity index (χ3n) is 2.62. The number of hydrogen-bond donors (Lipinski definition) is 1. The van der Waals surface area contributed by atoms with Gasteiger partial charge in [0, 0.05) is 11.1 Å². The van der Waals surface area contributed by atoms with Gasteiger partial charge in [0.25, 0.3) is 0 Å². The summed E-state index contributed by atoms with van der Waals surface area (Å²) in [7, 11) is 0. The van der Waals surface area contributed by atoms with Crippen LogP contribution in [-0.2, 0) is 6.61 Å². The average Bonchev–Trinajstić information content (AvgIpc) is 2.37. The average molecular weight is 330 g/mol. The van der Waals surface area contributed by atoms with Crippen LogP contribution in [0.2, 0.25) is 10.0 Å². The fourth-order valence-corrected chi connectivity index (χ4v) is 2.31. The molecule has 0 amide bonds. The first-order valence-corrected chi connectivity index (χ1v) is 6.80. The Bertz CT molecular complexity index is 664. The predicted molar refractivity (Wildman–Crippen MR) is 83.1 cm³/mol. The van der Waals surface area contributed by atoms with E-state index in [1.54, 1.807) is 24.3 Å². The molecule has 0 atom stereocenters. The molecule has 2 aromatic carbocycles. The highest BCUT2D eigenvalue weighted by atomic mass is 35.5. The summed E-state index contributed by atoms with van der Waals surface area (Å²) in [6.07, 6.45) is 0. The van der Waals surface area contributed by atoms with Gasteiger partial charge in [-0.1, -0.05) is 41.5 Å². The summed E-state index contributed by atoms with van der Waals surface area (Å²) in [4.78, 5) is 0.225. The number of thiocarbonyl (C=S) groups is 1. The smallest absolute Gasteiger partial charge is 0.124 e. The molecule has 0 spiro atoms. The van der Waals surface area contributed by atoms with E-state index in [0.29, 0.717) is 26.9 Å². The third kappa shape index (κ3) is 3.60. The predicted octanol–water partition coefficient (Wildman–Crippen LogP) is 4.35. The molecule has 0 saturated carbocycles. The Kier molecular flexibility index (Phi) is 4.81. The van der Waals surface area contributed by atoms with Crippen molar-refractivity contribution in [2.75, 3.05) is 0 Å². The largest absolute Gasteiger partial charge is 0.489 e. The van der Waals surface area contributed by atoms with Crippen LogP contribution in [0.1, 0.15) is 11.1 Å². The topological polar surface area (TPSA) is 35.2 Å². The molecule has 2 rings (SSSR count). The van der Waals surface area contributed by atoms with E-state index in [0.717, 1.165) is 0 Å². The van der Waals surface area contributed by atoms with Gasteiger partial charge in [-0.15, -0.1) is 0 Å². The number of rotatable bonds is 4.